The molecule has 1 atom stereocenters. The molecule has 0 aromatic rings. The zero-order chi connectivity index (χ0) is 18.4. The molecule has 3 fully saturated rings. The Morgan fingerprint density at radius 3 is 2.50 bits per heavy atom. The van der Waals surface area contributed by atoms with Gasteiger partial charge in [0.2, 0.25) is 5.91 Å². The van der Waals surface area contributed by atoms with E-state index in [0.29, 0.717) is 17.9 Å². The smallest absolute Gasteiger partial charge is 0.225 e. The van der Waals surface area contributed by atoms with Crippen molar-refractivity contribution >= 4 is 11.9 Å². The number of carbonyl (C=O) groups is 1. The quantitative estimate of drug-likeness (QED) is 0.576. The Kier molecular flexibility index (Phi) is 7.17. The van der Waals surface area contributed by atoms with Crippen molar-refractivity contribution in [2.75, 3.05) is 46.3 Å². The van der Waals surface area contributed by atoms with Crippen molar-refractivity contribution in [2.24, 2.45) is 16.8 Å². The summed E-state index contributed by atoms with van der Waals surface area (Å²) in [5, 5.41) is 6.96. The summed E-state index contributed by atoms with van der Waals surface area (Å²) < 4.78 is 0. The molecule has 1 unspecified atom stereocenters. The molecule has 2 heterocycles. The van der Waals surface area contributed by atoms with Crippen molar-refractivity contribution in [2.45, 2.75) is 57.9 Å². The second-order valence-corrected chi connectivity index (χ2v) is 8.42. The third-order valence-electron chi connectivity index (χ3n) is 6.37. The molecule has 3 aliphatic rings. The molecule has 0 radical (unpaired) electrons. The van der Waals surface area contributed by atoms with Crippen LogP contribution in [0.1, 0.15) is 51.9 Å². The third-order valence-corrected chi connectivity index (χ3v) is 6.37. The molecule has 6 heteroatoms. The molecule has 26 heavy (non-hydrogen) atoms. The number of piperidine rings is 1. The van der Waals surface area contributed by atoms with Gasteiger partial charge < -0.3 is 20.4 Å². The number of amides is 1. The number of aliphatic imine (C=N–C) groups is 1. The van der Waals surface area contributed by atoms with E-state index in [2.05, 4.69) is 32.3 Å². The second-order valence-electron chi connectivity index (χ2n) is 8.42. The lowest BCUT2D eigenvalue weighted by molar-refractivity contribution is -0.134. The van der Waals surface area contributed by atoms with Gasteiger partial charge >= 0.3 is 0 Å². The van der Waals surface area contributed by atoms with E-state index in [1.807, 2.05) is 7.05 Å². The van der Waals surface area contributed by atoms with E-state index in [1.54, 1.807) is 0 Å². The predicted octanol–water partition coefficient (Wildman–Crippen LogP) is 1.67. The number of rotatable bonds is 5. The van der Waals surface area contributed by atoms with Gasteiger partial charge in [0.25, 0.3) is 0 Å². The van der Waals surface area contributed by atoms with Gasteiger partial charge in [-0.05, 0) is 51.1 Å². The highest BCUT2D eigenvalue weighted by Gasteiger charge is 2.32. The number of hydrogen-bond acceptors (Lipinski definition) is 3. The number of likely N-dealkylation sites (tertiary alicyclic amines) is 2. The topological polar surface area (TPSA) is 60.0 Å². The zero-order valence-corrected chi connectivity index (χ0v) is 16.7. The SMILES string of the molecule is CN=C(NCCN1CCC(C)CC1)NC1CCN(C(=O)C2CCCC2)C1. The molecule has 1 amide bonds. The Bertz CT molecular complexity index is 481. The minimum absolute atomic E-state index is 0.290. The Balaban J connectivity index is 1.35. The van der Waals surface area contributed by atoms with Crippen LogP contribution in [0.25, 0.3) is 0 Å². The minimum atomic E-state index is 0.290. The van der Waals surface area contributed by atoms with E-state index in [4.69, 9.17) is 0 Å². The maximum atomic E-state index is 12.6. The summed E-state index contributed by atoms with van der Waals surface area (Å²) in [5.74, 6) is 2.42. The minimum Gasteiger partial charge on any atom is -0.355 e. The summed E-state index contributed by atoms with van der Waals surface area (Å²) in [5.41, 5.74) is 0. The van der Waals surface area contributed by atoms with Crippen LogP contribution < -0.4 is 10.6 Å². The molecule has 2 aliphatic heterocycles. The first-order valence-corrected chi connectivity index (χ1v) is 10.6. The molecule has 2 saturated heterocycles. The van der Waals surface area contributed by atoms with Gasteiger partial charge in [0, 0.05) is 45.2 Å². The lowest BCUT2D eigenvalue weighted by Crippen LogP contribution is -2.47. The van der Waals surface area contributed by atoms with E-state index < -0.39 is 0 Å². The van der Waals surface area contributed by atoms with Crippen LogP contribution in [0.3, 0.4) is 0 Å². The molecule has 0 aromatic carbocycles. The number of guanidine groups is 1. The molecular weight excluding hydrogens is 326 g/mol. The second kappa shape index (κ2) is 9.58. The molecule has 3 rings (SSSR count). The fraction of sp³-hybridized carbons (Fsp3) is 0.900. The predicted molar refractivity (Wildman–Crippen MR) is 106 cm³/mol. The summed E-state index contributed by atoms with van der Waals surface area (Å²) in [6.45, 7) is 8.49. The van der Waals surface area contributed by atoms with Crippen molar-refractivity contribution in [3.05, 3.63) is 0 Å². The summed E-state index contributed by atoms with van der Waals surface area (Å²) >= 11 is 0. The highest BCUT2D eigenvalue weighted by molar-refractivity contribution is 5.81. The van der Waals surface area contributed by atoms with Crippen LogP contribution in [-0.2, 0) is 4.79 Å². The maximum Gasteiger partial charge on any atom is 0.225 e. The lowest BCUT2D eigenvalue weighted by atomic mass is 9.99. The van der Waals surface area contributed by atoms with Crippen LogP contribution in [0.4, 0.5) is 0 Å². The average Bonchev–Trinajstić information content (AvgIpc) is 3.34. The van der Waals surface area contributed by atoms with Gasteiger partial charge in [-0.25, -0.2) is 0 Å². The van der Waals surface area contributed by atoms with Gasteiger partial charge in [0.05, 0.1) is 0 Å². The molecular formula is C20H37N5O. The Morgan fingerprint density at radius 1 is 1.08 bits per heavy atom. The van der Waals surface area contributed by atoms with Crippen molar-refractivity contribution in [3.63, 3.8) is 0 Å². The molecule has 1 aliphatic carbocycles. The van der Waals surface area contributed by atoms with Crippen molar-refractivity contribution in [1.29, 1.82) is 0 Å². The average molecular weight is 364 g/mol. The summed E-state index contributed by atoms with van der Waals surface area (Å²) in [6.07, 6.45) is 8.28. The number of nitrogens with one attached hydrogen (secondary N) is 2. The van der Waals surface area contributed by atoms with Crippen molar-refractivity contribution in [3.8, 4) is 0 Å². The van der Waals surface area contributed by atoms with Gasteiger partial charge in [-0.15, -0.1) is 0 Å². The van der Waals surface area contributed by atoms with Crippen LogP contribution in [0, 0.1) is 11.8 Å². The zero-order valence-electron chi connectivity index (χ0n) is 16.7. The first kappa shape index (κ1) is 19.5. The van der Waals surface area contributed by atoms with Crippen LogP contribution in [-0.4, -0.2) is 74.0 Å². The standard InChI is InChI=1S/C20H37N5O/c1-16-7-11-24(12-8-16)14-10-22-20(21-2)23-18-9-13-25(15-18)19(26)17-5-3-4-6-17/h16-18H,3-15H2,1-2H3,(H2,21,22,23). The van der Waals surface area contributed by atoms with E-state index in [0.717, 1.165) is 57.3 Å². The van der Waals surface area contributed by atoms with Crippen molar-refractivity contribution in [1.82, 2.24) is 20.4 Å². The fourth-order valence-electron chi connectivity index (χ4n) is 4.52. The normalized spacial score (nSPS) is 26.5. The number of nitrogens with zero attached hydrogens (tertiary/aromatic N) is 3. The van der Waals surface area contributed by atoms with Crippen LogP contribution in [0.15, 0.2) is 4.99 Å². The fourth-order valence-corrected chi connectivity index (χ4v) is 4.52. The highest BCUT2D eigenvalue weighted by Crippen LogP contribution is 2.27. The summed E-state index contributed by atoms with van der Waals surface area (Å²) in [6, 6.07) is 0.322. The molecule has 6 nitrogen and oxygen atoms in total. The number of hydrogen-bond donors (Lipinski definition) is 2. The molecule has 0 aromatic heterocycles. The largest absolute Gasteiger partial charge is 0.355 e. The van der Waals surface area contributed by atoms with E-state index in [9.17, 15) is 4.79 Å². The highest BCUT2D eigenvalue weighted by atomic mass is 16.2. The van der Waals surface area contributed by atoms with Crippen LogP contribution in [0.5, 0.6) is 0 Å². The monoisotopic (exact) mass is 363 g/mol. The summed E-state index contributed by atoms with van der Waals surface area (Å²) in [4.78, 5) is 21.5. The van der Waals surface area contributed by atoms with Gasteiger partial charge in [-0.2, -0.15) is 0 Å². The van der Waals surface area contributed by atoms with Gasteiger partial charge in [-0.1, -0.05) is 19.8 Å². The molecule has 1 saturated carbocycles. The lowest BCUT2D eigenvalue weighted by Gasteiger charge is -2.30. The van der Waals surface area contributed by atoms with Crippen molar-refractivity contribution < 1.29 is 4.79 Å². The summed E-state index contributed by atoms with van der Waals surface area (Å²) in [7, 11) is 1.83. The number of carbonyl (C=O) groups excluding carboxylic acids is 1. The van der Waals surface area contributed by atoms with Crippen LogP contribution in [0.2, 0.25) is 0 Å². The molecule has 0 bridgehead atoms. The molecule has 0 spiro atoms. The van der Waals surface area contributed by atoms with E-state index in [1.165, 1.54) is 38.8 Å². The molecule has 148 valence electrons. The maximum absolute atomic E-state index is 12.6. The van der Waals surface area contributed by atoms with Crippen LogP contribution >= 0.6 is 0 Å². The Morgan fingerprint density at radius 2 is 1.81 bits per heavy atom. The van der Waals surface area contributed by atoms with E-state index >= 15 is 0 Å². The first-order valence-electron chi connectivity index (χ1n) is 10.6. The van der Waals surface area contributed by atoms with Gasteiger partial charge in [0.1, 0.15) is 0 Å². The first-order chi connectivity index (χ1) is 12.7. The Hall–Kier alpha value is -1.30. The van der Waals surface area contributed by atoms with E-state index in [-0.39, 0.29) is 0 Å². The Labute approximate surface area is 158 Å². The van der Waals surface area contributed by atoms with Gasteiger partial charge in [-0.3, -0.25) is 9.79 Å². The molecule has 2 N–H and O–H groups in total. The van der Waals surface area contributed by atoms with Gasteiger partial charge in [0.15, 0.2) is 5.96 Å². The third kappa shape index (κ3) is 5.35.